The van der Waals surface area contributed by atoms with Gasteiger partial charge in [0.1, 0.15) is 23.8 Å². The second kappa shape index (κ2) is 7.87. The third kappa shape index (κ3) is 4.41. The summed E-state index contributed by atoms with van der Waals surface area (Å²) >= 11 is 0. The molecule has 2 aromatic heterocycles. The van der Waals surface area contributed by atoms with E-state index in [1.807, 2.05) is 0 Å². The van der Waals surface area contributed by atoms with Gasteiger partial charge in [-0.15, -0.1) is 0 Å². The Morgan fingerprint density at radius 2 is 1.60 bits per heavy atom. The second-order valence-corrected chi connectivity index (χ2v) is 7.81. The number of anilines is 3. The average molecular weight is 428 g/mol. The lowest BCUT2D eigenvalue weighted by Gasteiger charge is -2.10. The van der Waals surface area contributed by atoms with Crippen LogP contribution in [0.2, 0.25) is 0 Å². The van der Waals surface area contributed by atoms with E-state index in [1.165, 1.54) is 18.5 Å². The Kier molecular flexibility index (Phi) is 5.11. The summed E-state index contributed by atoms with van der Waals surface area (Å²) in [7, 11) is -4.14. The Labute approximate surface area is 170 Å². The molecule has 2 heterocycles. The van der Waals surface area contributed by atoms with Gasteiger partial charge in [-0.05, 0) is 42.5 Å². The van der Waals surface area contributed by atoms with E-state index < -0.39 is 26.6 Å². The van der Waals surface area contributed by atoms with Gasteiger partial charge >= 0.3 is 0 Å². The van der Waals surface area contributed by atoms with Crippen molar-refractivity contribution < 1.29 is 17.2 Å². The molecule has 0 aliphatic rings. The Hall–Kier alpha value is -3.86. The fourth-order valence-corrected chi connectivity index (χ4v) is 3.71. The van der Waals surface area contributed by atoms with Crippen LogP contribution >= 0.6 is 0 Å². The maximum atomic E-state index is 13.3. The molecule has 0 aliphatic heterocycles. The van der Waals surface area contributed by atoms with Crippen LogP contribution in [-0.4, -0.2) is 28.2 Å². The van der Waals surface area contributed by atoms with Crippen molar-refractivity contribution >= 4 is 27.2 Å². The normalized spacial score (nSPS) is 11.3. The molecule has 152 valence electrons. The summed E-state index contributed by atoms with van der Waals surface area (Å²) in [5, 5.41) is 7.18. The lowest BCUT2D eigenvalue weighted by molar-refractivity contribution is 0.568. The number of halogens is 2. The van der Waals surface area contributed by atoms with Crippen LogP contribution < -0.4 is 10.0 Å². The first-order valence-corrected chi connectivity index (χ1v) is 10.1. The molecule has 0 saturated heterocycles. The maximum absolute atomic E-state index is 13.3. The van der Waals surface area contributed by atoms with Gasteiger partial charge < -0.3 is 5.32 Å². The molecule has 0 amide bonds. The third-order valence-corrected chi connectivity index (χ3v) is 5.31. The number of hydrogen-bond acceptors (Lipinski definition) is 6. The highest BCUT2D eigenvalue weighted by Gasteiger charge is 2.16. The molecule has 0 radical (unpaired) electrons. The van der Waals surface area contributed by atoms with Gasteiger partial charge in [0.05, 0.1) is 4.90 Å². The van der Waals surface area contributed by atoms with Gasteiger partial charge in [0.15, 0.2) is 5.82 Å². The van der Waals surface area contributed by atoms with E-state index in [0.29, 0.717) is 23.4 Å². The van der Waals surface area contributed by atoms with Gasteiger partial charge in [0, 0.05) is 35.9 Å². The fraction of sp³-hybridized carbons (Fsp3) is 0. The van der Waals surface area contributed by atoms with Gasteiger partial charge in [-0.25, -0.2) is 31.8 Å². The minimum atomic E-state index is -4.14. The molecule has 0 bridgehead atoms. The fourth-order valence-electron chi connectivity index (χ4n) is 2.61. The van der Waals surface area contributed by atoms with Crippen molar-refractivity contribution in [3.8, 4) is 5.82 Å². The van der Waals surface area contributed by atoms with Gasteiger partial charge in [-0.2, -0.15) is 5.10 Å². The first-order chi connectivity index (χ1) is 14.4. The smallest absolute Gasteiger partial charge is 0.262 e. The van der Waals surface area contributed by atoms with Crippen LogP contribution in [-0.2, 0) is 10.0 Å². The molecule has 0 fully saturated rings. The topological polar surface area (TPSA) is 102 Å². The summed E-state index contributed by atoms with van der Waals surface area (Å²) in [5.74, 6) is -0.869. The summed E-state index contributed by atoms with van der Waals surface area (Å²) in [6, 6.07) is 11.8. The first kappa shape index (κ1) is 19.5. The zero-order chi connectivity index (χ0) is 21.1. The number of hydrogen-bond donors (Lipinski definition) is 2. The van der Waals surface area contributed by atoms with E-state index >= 15 is 0 Å². The number of rotatable bonds is 6. The van der Waals surface area contributed by atoms with Crippen molar-refractivity contribution in [2.75, 3.05) is 10.0 Å². The average Bonchev–Trinajstić information content (AvgIpc) is 3.24. The van der Waals surface area contributed by atoms with Crippen molar-refractivity contribution in [2.24, 2.45) is 0 Å². The molecule has 8 nitrogen and oxygen atoms in total. The van der Waals surface area contributed by atoms with Crippen LogP contribution in [0.1, 0.15) is 0 Å². The summed E-state index contributed by atoms with van der Waals surface area (Å²) < 4.78 is 55.2. The van der Waals surface area contributed by atoms with Crippen molar-refractivity contribution in [2.45, 2.75) is 4.90 Å². The van der Waals surface area contributed by atoms with Crippen LogP contribution in [0.5, 0.6) is 0 Å². The molecular weight excluding hydrogens is 414 g/mol. The van der Waals surface area contributed by atoms with Gasteiger partial charge in [-0.3, -0.25) is 4.72 Å². The van der Waals surface area contributed by atoms with E-state index in [0.717, 1.165) is 12.1 Å². The van der Waals surface area contributed by atoms with Gasteiger partial charge in [-0.1, -0.05) is 0 Å². The molecule has 30 heavy (non-hydrogen) atoms. The van der Waals surface area contributed by atoms with Crippen LogP contribution in [0, 0.1) is 11.6 Å². The summed E-state index contributed by atoms with van der Waals surface area (Å²) in [6.07, 6.45) is 4.77. The highest BCUT2D eigenvalue weighted by atomic mass is 32.2. The molecule has 2 N–H and O–H groups in total. The highest BCUT2D eigenvalue weighted by molar-refractivity contribution is 7.92. The minimum absolute atomic E-state index is 0.227. The van der Waals surface area contributed by atoms with Gasteiger partial charge in [0.2, 0.25) is 0 Å². The van der Waals surface area contributed by atoms with Crippen LogP contribution in [0.4, 0.5) is 26.0 Å². The van der Waals surface area contributed by atoms with Crippen molar-refractivity contribution in [1.82, 2.24) is 19.7 Å². The summed E-state index contributed by atoms with van der Waals surface area (Å²) in [6.45, 7) is 0. The Morgan fingerprint density at radius 1 is 0.900 bits per heavy atom. The number of nitrogens with one attached hydrogen (secondary N) is 2. The van der Waals surface area contributed by atoms with E-state index in [4.69, 9.17) is 0 Å². The monoisotopic (exact) mass is 428 g/mol. The first-order valence-electron chi connectivity index (χ1n) is 8.57. The van der Waals surface area contributed by atoms with Crippen LogP contribution in [0.3, 0.4) is 0 Å². The molecule has 4 rings (SSSR count). The predicted octanol–water partition coefficient (Wildman–Crippen LogP) is 3.48. The van der Waals surface area contributed by atoms with Crippen molar-refractivity contribution in [1.29, 1.82) is 0 Å². The molecule has 2 aromatic carbocycles. The van der Waals surface area contributed by atoms with E-state index in [2.05, 4.69) is 25.1 Å². The van der Waals surface area contributed by atoms with Crippen molar-refractivity contribution in [3.05, 3.63) is 85.0 Å². The quantitative estimate of drug-likeness (QED) is 0.488. The SMILES string of the molecule is O=S(=O)(Nc1ccc(Nc2cc(-n3cccn3)ncn2)cc1)c1cc(F)cc(F)c1. The highest BCUT2D eigenvalue weighted by Crippen LogP contribution is 2.22. The number of nitrogens with zero attached hydrogens (tertiary/aromatic N) is 4. The van der Waals surface area contributed by atoms with Crippen molar-refractivity contribution in [3.63, 3.8) is 0 Å². The maximum Gasteiger partial charge on any atom is 0.262 e. The molecule has 4 aromatic rings. The van der Waals surface area contributed by atoms with Crippen LogP contribution in [0.25, 0.3) is 5.82 Å². The number of benzene rings is 2. The van der Waals surface area contributed by atoms with Crippen LogP contribution in [0.15, 0.2) is 78.2 Å². The molecular formula is C19H14F2N6O2S. The predicted molar refractivity (Wildman–Crippen MR) is 106 cm³/mol. The Balaban J connectivity index is 1.49. The number of sulfonamides is 1. The molecule has 0 unspecified atom stereocenters. The lowest BCUT2D eigenvalue weighted by atomic mass is 10.3. The van der Waals surface area contributed by atoms with E-state index in [9.17, 15) is 17.2 Å². The third-order valence-electron chi connectivity index (χ3n) is 3.95. The molecule has 0 saturated carbocycles. The lowest BCUT2D eigenvalue weighted by Crippen LogP contribution is -2.13. The standard InChI is InChI=1S/C19H14F2N6O2S/c20-13-8-14(21)10-17(9-13)30(28,29)26-16-4-2-15(3-5-16)25-18-11-19(23-12-22-18)27-7-1-6-24-27/h1-12,26H,(H,22,23,25). The molecule has 11 heteroatoms. The largest absolute Gasteiger partial charge is 0.340 e. The zero-order valence-electron chi connectivity index (χ0n) is 15.2. The van der Waals surface area contributed by atoms with Gasteiger partial charge in [0.25, 0.3) is 10.0 Å². The summed E-state index contributed by atoms with van der Waals surface area (Å²) in [4.78, 5) is 7.77. The zero-order valence-corrected chi connectivity index (χ0v) is 16.0. The summed E-state index contributed by atoms with van der Waals surface area (Å²) in [5.41, 5.74) is 0.866. The minimum Gasteiger partial charge on any atom is -0.340 e. The Morgan fingerprint density at radius 3 is 2.27 bits per heavy atom. The molecule has 0 aliphatic carbocycles. The molecule has 0 spiro atoms. The Bertz CT molecular complexity index is 1260. The molecule has 0 atom stereocenters. The number of aromatic nitrogens is 4. The second-order valence-electron chi connectivity index (χ2n) is 6.13. The van der Waals surface area contributed by atoms with E-state index in [-0.39, 0.29) is 5.69 Å². The van der Waals surface area contributed by atoms with E-state index in [1.54, 1.807) is 41.3 Å².